The van der Waals surface area contributed by atoms with Crippen LogP contribution in [0.5, 0.6) is 0 Å². The third kappa shape index (κ3) is 2.80. The monoisotopic (exact) mass is 255 g/mol. The largest absolute Gasteiger partial charge is 0.464 e. The van der Waals surface area contributed by atoms with Gasteiger partial charge in [-0.25, -0.2) is 9.69 Å². The quantitative estimate of drug-likeness (QED) is 0.850. The fraction of sp³-hybridized carbons (Fsp3) is 0.0667. The van der Waals surface area contributed by atoms with E-state index in [1.165, 1.54) is 11.8 Å². The zero-order valence-electron chi connectivity index (χ0n) is 10.4. The van der Waals surface area contributed by atoms with Gasteiger partial charge in [-0.2, -0.15) is 0 Å². The third-order valence-electron chi connectivity index (χ3n) is 2.74. The Hall–Kier alpha value is -2.62. The minimum atomic E-state index is -1.07. The van der Waals surface area contributed by atoms with Gasteiger partial charge in [0, 0.05) is 5.56 Å². The summed E-state index contributed by atoms with van der Waals surface area (Å²) in [4.78, 5) is 23.7. The molecule has 4 heteroatoms. The maximum absolute atomic E-state index is 11.4. The average Bonchev–Trinajstić information content (AvgIpc) is 2.40. The molecule has 1 N–H and O–H groups in total. The first-order valence-corrected chi connectivity index (χ1v) is 5.78. The lowest BCUT2D eigenvalue weighted by atomic mass is 10.1. The number of ketones is 1. The summed E-state index contributed by atoms with van der Waals surface area (Å²) < 4.78 is 0. The normalized spacial score (nSPS) is 9.95. The first-order chi connectivity index (χ1) is 9.09. The van der Waals surface area contributed by atoms with E-state index in [1.54, 1.807) is 48.5 Å². The minimum absolute atomic E-state index is 0.0480. The van der Waals surface area contributed by atoms with Crippen molar-refractivity contribution in [3.05, 3.63) is 60.2 Å². The predicted octanol–water partition coefficient (Wildman–Crippen LogP) is 3.71. The van der Waals surface area contributed by atoms with Gasteiger partial charge in [-0.05, 0) is 43.3 Å². The minimum Gasteiger partial charge on any atom is -0.464 e. The number of benzene rings is 2. The van der Waals surface area contributed by atoms with Crippen LogP contribution < -0.4 is 4.90 Å². The van der Waals surface area contributed by atoms with Crippen LogP contribution in [0.2, 0.25) is 0 Å². The van der Waals surface area contributed by atoms with Crippen molar-refractivity contribution in [2.45, 2.75) is 6.92 Å². The van der Waals surface area contributed by atoms with Gasteiger partial charge in [-0.15, -0.1) is 0 Å². The van der Waals surface area contributed by atoms with Gasteiger partial charge >= 0.3 is 6.09 Å². The highest BCUT2D eigenvalue weighted by molar-refractivity contribution is 5.97. The number of anilines is 2. The molecule has 0 saturated heterocycles. The molecule has 0 aliphatic rings. The number of rotatable bonds is 3. The molecule has 2 aromatic rings. The van der Waals surface area contributed by atoms with Crippen LogP contribution in [0.25, 0.3) is 0 Å². The van der Waals surface area contributed by atoms with Crippen LogP contribution in [0.15, 0.2) is 54.6 Å². The van der Waals surface area contributed by atoms with Gasteiger partial charge in [-0.1, -0.05) is 18.2 Å². The first kappa shape index (κ1) is 12.8. The summed E-state index contributed by atoms with van der Waals surface area (Å²) >= 11 is 0. The van der Waals surface area contributed by atoms with Crippen molar-refractivity contribution in [2.24, 2.45) is 0 Å². The van der Waals surface area contributed by atoms with E-state index in [2.05, 4.69) is 0 Å². The Balaban J connectivity index is 2.40. The molecule has 0 aromatic heterocycles. The molecule has 0 radical (unpaired) electrons. The smallest absolute Gasteiger partial charge is 0.416 e. The third-order valence-corrected chi connectivity index (χ3v) is 2.74. The lowest BCUT2D eigenvalue weighted by Crippen LogP contribution is -2.23. The number of para-hydroxylation sites is 1. The fourth-order valence-electron chi connectivity index (χ4n) is 1.79. The maximum atomic E-state index is 11.4. The van der Waals surface area contributed by atoms with Crippen molar-refractivity contribution >= 4 is 23.3 Å². The SMILES string of the molecule is CC(=O)c1ccc(N(C(=O)O)c2ccccc2)cc1. The Morgan fingerprint density at radius 3 is 1.89 bits per heavy atom. The zero-order chi connectivity index (χ0) is 13.8. The molecular formula is C15H13NO3. The van der Waals surface area contributed by atoms with Gasteiger partial charge in [0.1, 0.15) is 0 Å². The van der Waals surface area contributed by atoms with Crippen molar-refractivity contribution in [3.8, 4) is 0 Å². The fourth-order valence-corrected chi connectivity index (χ4v) is 1.79. The summed E-state index contributed by atoms with van der Waals surface area (Å²) in [5, 5.41) is 9.32. The molecule has 0 unspecified atom stereocenters. The molecule has 0 fully saturated rings. The Kier molecular flexibility index (Phi) is 3.61. The van der Waals surface area contributed by atoms with E-state index in [0.29, 0.717) is 16.9 Å². The van der Waals surface area contributed by atoms with E-state index in [9.17, 15) is 14.7 Å². The summed E-state index contributed by atoms with van der Waals surface area (Å²) in [7, 11) is 0. The van der Waals surface area contributed by atoms with Gasteiger partial charge in [0.05, 0.1) is 11.4 Å². The van der Waals surface area contributed by atoms with E-state index < -0.39 is 6.09 Å². The second-order valence-corrected chi connectivity index (χ2v) is 4.06. The topological polar surface area (TPSA) is 57.6 Å². The van der Waals surface area contributed by atoms with Crippen LogP contribution in [0.4, 0.5) is 16.2 Å². The number of carbonyl (C=O) groups excluding carboxylic acids is 1. The number of hydrogen-bond donors (Lipinski definition) is 1. The molecule has 0 saturated carbocycles. The van der Waals surface area contributed by atoms with Crippen LogP contribution in [0.1, 0.15) is 17.3 Å². The summed E-state index contributed by atoms with van der Waals surface area (Å²) in [6, 6.07) is 15.3. The molecule has 4 nitrogen and oxygen atoms in total. The van der Waals surface area contributed by atoms with Crippen LogP contribution in [0, 0.1) is 0 Å². The number of Topliss-reactive ketones (excluding diaryl/α,β-unsaturated/α-hetero) is 1. The Bertz CT molecular complexity index is 591. The van der Waals surface area contributed by atoms with Crippen LogP contribution in [-0.4, -0.2) is 17.0 Å². The second-order valence-electron chi connectivity index (χ2n) is 4.06. The maximum Gasteiger partial charge on any atom is 0.416 e. The molecular weight excluding hydrogens is 242 g/mol. The predicted molar refractivity (Wildman–Crippen MR) is 73.1 cm³/mol. The molecule has 0 spiro atoms. The molecule has 0 heterocycles. The Labute approximate surface area is 110 Å². The lowest BCUT2D eigenvalue weighted by Gasteiger charge is -2.19. The van der Waals surface area contributed by atoms with Crippen molar-refractivity contribution in [1.29, 1.82) is 0 Å². The summed E-state index contributed by atoms with van der Waals surface area (Å²) in [6.07, 6.45) is -1.07. The summed E-state index contributed by atoms with van der Waals surface area (Å²) in [5.41, 5.74) is 1.62. The number of hydrogen-bond acceptors (Lipinski definition) is 2. The summed E-state index contributed by atoms with van der Waals surface area (Å²) in [6.45, 7) is 1.47. The first-order valence-electron chi connectivity index (χ1n) is 5.78. The van der Waals surface area contributed by atoms with E-state index in [1.807, 2.05) is 6.07 Å². The zero-order valence-corrected chi connectivity index (χ0v) is 10.4. The highest BCUT2D eigenvalue weighted by atomic mass is 16.4. The van der Waals surface area contributed by atoms with Crippen molar-refractivity contribution in [2.75, 3.05) is 4.90 Å². The van der Waals surface area contributed by atoms with Crippen LogP contribution >= 0.6 is 0 Å². The number of amides is 1. The molecule has 1 amide bonds. The highest BCUT2D eigenvalue weighted by Crippen LogP contribution is 2.25. The standard InChI is InChI=1S/C15H13NO3/c1-11(17)12-7-9-14(10-8-12)16(15(18)19)13-5-3-2-4-6-13/h2-10H,1H3,(H,18,19). The lowest BCUT2D eigenvalue weighted by molar-refractivity contribution is 0.101. The Morgan fingerprint density at radius 1 is 0.895 bits per heavy atom. The number of nitrogens with zero attached hydrogens (tertiary/aromatic N) is 1. The molecule has 19 heavy (non-hydrogen) atoms. The van der Waals surface area contributed by atoms with Gasteiger partial charge in [0.25, 0.3) is 0 Å². The van der Waals surface area contributed by atoms with Crippen molar-refractivity contribution in [3.63, 3.8) is 0 Å². The van der Waals surface area contributed by atoms with E-state index in [4.69, 9.17) is 0 Å². The molecule has 0 atom stereocenters. The summed E-state index contributed by atoms with van der Waals surface area (Å²) in [5.74, 6) is -0.0480. The van der Waals surface area contributed by atoms with E-state index in [-0.39, 0.29) is 5.78 Å². The van der Waals surface area contributed by atoms with Gasteiger partial charge < -0.3 is 5.11 Å². The van der Waals surface area contributed by atoms with Crippen molar-refractivity contribution < 1.29 is 14.7 Å². The molecule has 2 rings (SSSR count). The Morgan fingerprint density at radius 2 is 1.42 bits per heavy atom. The molecule has 96 valence electrons. The van der Waals surface area contributed by atoms with Crippen molar-refractivity contribution in [1.82, 2.24) is 0 Å². The number of carbonyl (C=O) groups is 2. The number of carboxylic acid groups (broad SMARTS) is 1. The van der Waals surface area contributed by atoms with Crippen LogP contribution in [-0.2, 0) is 0 Å². The van der Waals surface area contributed by atoms with E-state index >= 15 is 0 Å². The average molecular weight is 255 g/mol. The van der Waals surface area contributed by atoms with Gasteiger partial charge in [-0.3, -0.25) is 4.79 Å². The molecule has 0 bridgehead atoms. The molecule has 0 aliphatic heterocycles. The highest BCUT2D eigenvalue weighted by Gasteiger charge is 2.16. The van der Waals surface area contributed by atoms with E-state index in [0.717, 1.165) is 0 Å². The second kappa shape index (κ2) is 5.35. The molecule has 0 aliphatic carbocycles. The molecule has 2 aromatic carbocycles. The van der Waals surface area contributed by atoms with Gasteiger partial charge in [0.2, 0.25) is 0 Å². The van der Waals surface area contributed by atoms with Crippen LogP contribution in [0.3, 0.4) is 0 Å². The van der Waals surface area contributed by atoms with Gasteiger partial charge in [0.15, 0.2) is 5.78 Å².